The molecular weight excluding hydrogens is 394 g/mol. The first-order valence-electron chi connectivity index (χ1n) is 10.6. The summed E-state index contributed by atoms with van der Waals surface area (Å²) in [5.74, 6) is 1.12. The topological polar surface area (TPSA) is 80.8 Å². The van der Waals surface area contributed by atoms with Gasteiger partial charge in [-0.2, -0.15) is 0 Å². The fraction of sp³-hybridized carbons (Fsp3) is 0.458. The molecule has 2 heterocycles. The van der Waals surface area contributed by atoms with E-state index in [0.29, 0.717) is 49.7 Å². The number of nitrogens with zero attached hydrogens (tertiary/aromatic N) is 2. The molecule has 1 aromatic carbocycles. The number of aromatic nitrogens is 1. The predicted octanol–water partition coefficient (Wildman–Crippen LogP) is 3.89. The van der Waals surface area contributed by atoms with Gasteiger partial charge in [-0.3, -0.25) is 14.6 Å². The van der Waals surface area contributed by atoms with Gasteiger partial charge in [0.1, 0.15) is 6.61 Å². The molecule has 0 spiro atoms. The van der Waals surface area contributed by atoms with E-state index in [-0.39, 0.29) is 17.7 Å². The lowest BCUT2D eigenvalue weighted by molar-refractivity contribution is -0.142. The Bertz CT molecular complexity index is 901. The normalized spacial score (nSPS) is 14.8. The lowest BCUT2D eigenvalue weighted by atomic mass is 9.90. The first-order chi connectivity index (χ1) is 14.8. The van der Waals surface area contributed by atoms with Crippen molar-refractivity contribution in [1.82, 2.24) is 9.88 Å². The number of piperidine rings is 1. The molecule has 0 bridgehead atoms. The molecule has 166 valence electrons. The van der Waals surface area contributed by atoms with E-state index in [0.717, 1.165) is 5.56 Å². The van der Waals surface area contributed by atoms with E-state index in [1.807, 2.05) is 37.8 Å². The predicted molar refractivity (Wildman–Crippen MR) is 119 cm³/mol. The molecule has 1 N–H and O–H groups in total. The molecule has 3 rings (SSSR count). The van der Waals surface area contributed by atoms with Crippen LogP contribution in [0.2, 0.25) is 0 Å². The van der Waals surface area contributed by atoms with E-state index in [2.05, 4.69) is 10.3 Å². The molecule has 31 heavy (non-hydrogen) atoms. The molecule has 2 amide bonds. The number of hydrogen-bond donors (Lipinski definition) is 1. The number of carbonyl (C=O) groups excluding carboxylic acids is 2. The molecular formula is C24H31N3O4. The van der Waals surface area contributed by atoms with Crippen molar-refractivity contribution in [1.29, 1.82) is 0 Å². The Morgan fingerprint density at radius 3 is 2.52 bits per heavy atom. The van der Waals surface area contributed by atoms with Crippen LogP contribution in [-0.2, 0) is 16.2 Å². The van der Waals surface area contributed by atoms with E-state index in [4.69, 9.17) is 9.47 Å². The van der Waals surface area contributed by atoms with Crippen molar-refractivity contribution in [2.45, 2.75) is 40.2 Å². The molecule has 1 aliphatic rings. The Morgan fingerprint density at radius 2 is 1.90 bits per heavy atom. The summed E-state index contributed by atoms with van der Waals surface area (Å²) in [6.45, 7) is 7.33. The number of hydrogen-bond acceptors (Lipinski definition) is 5. The molecule has 0 saturated carbocycles. The molecule has 1 saturated heterocycles. The minimum absolute atomic E-state index is 0.0359. The van der Waals surface area contributed by atoms with Crippen molar-refractivity contribution < 1.29 is 19.1 Å². The van der Waals surface area contributed by atoms with Crippen molar-refractivity contribution in [3.63, 3.8) is 0 Å². The number of methoxy groups -OCH3 is 1. The summed E-state index contributed by atoms with van der Waals surface area (Å²) in [5.41, 5.74) is 1.19. The fourth-order valence-corrected chi connectivity index (χ4v) is 3.58. The standard InChI is InChI=1S/C24H31N3O4/c1-24(2,3)23(29)27-12-9-18(10-13-27)22(28)26-19-7-8-20(30-4)21(14-19)31-16-17-6-5-11-25-15-17/h5-8,11,14-15,18H,9-10,12-13,16H2,1-4H3,(H,26,28). The average molecular weight is 426 g/mol. The summed E-state index contributed by atoms with van der Waals surface area (Å²) in [5, 5.41) is 2.99. The van der Waals surface area contributed by atoms with Gasteiger partial charge in [0.25, 0.3) is 0 Å². The van der Waals surface area contributed by atoms with Crippen LogP contribution in [0.5, 0.6) is 11.5 Å². The second-order valence-electron chi connectivity index (χ2n) is 8.82. The van der Waals surface area contributed by atoms with Gasteiger partial charge in [-0.15, -0.1) is 0 Å². The van der Waals surface area contributed by atoms with Crippen molar-refractivity contribution in [3.8, 4) is 11.5 Å². The largest absolute Gasteiger partial charge is 0.493 e. The van der Waals surface area contributed by atoms with Crippen LogP contribution in [0, 0.1) is 11.3 Å². The number of ether oxygens (including phenoxy) is 2. The third-order valence-corrected chi connectivity index (χ3v) is 5.34. The molecule has 0 atom stereocenters. The van der Waals surface area contributed by atoms with Crippen LogP contribution in [0.4, 0.5) is 5.69 Å². The minimum atomic E-state index is -0.398. The molecule has 0 aliphatic carbocycles. The third-order valence-electron chi connectivity index (χ3n) is 5.34. The Labute approximate surface area is 183 Å². The number of nitrogens with one attached hydrogen (secondary N) is 1. The summed E-state index contributed by atoms with van der Waals surface area (Å²) in [6, 6.07) is 9.13. The molecule has 2 aromatic rings. The highest BCUT2D eigenvalue weighted by atomic mass is 16.5. The number of carbonyl (C=O) groups is 2. The average Bonchev–Trinajstić information content (AvgIpc) is 2.77. The van der Waals surface area contributed by atoms with Crippen LogP contribution in [0.25, 0.3) is 0 Å². The van der Waals surface area contributed by atoms with Crippen molar-refractivity contribution in [2.75, 3.05) is 25.5 Å². The van der Waals surface area contributed by atoms with Crippen molar-refractivity contribution >= 4 is 17.5 Å². The highest BCUT2D eigenvalue weighted by Crippen LogP contribution is 2.32. The van der Waals surface area contributed by atoms with E-state index in [9.17, 15) is 9.59 Å². The van der Waals surface area contributed by atoms with E-state index < -0.39 is 5.41 Å². The van der Waals surface area contributed by atoms with Gasteiger partial charge in [0, 0.05) is 54.1 Å². The zero-order chi connectivity index (χ0) is 22.4. The van der Waals surface area contributed by atoms with Gasteiger partial charge in [0.05, 0.1) is 7.11 Å². The summed E-state index contributed by atoms with van der Waals surface area (Å²) >= 11 is 0. The number of likely N-dealkylation sites (tertiary alicyclic amines) is 1. The summed E-state index contributed by atoms with van der Waals surface area (Å²) in [7, 11) is 1.58. The van der Waals surface area contributed by atoms with Gasteiger partial charge in [-0.25, -0.2) is 0 Å². The van der Waals surface area contributed by atoms with Crippen LogP contribution in [0.15, 0.2) is 42.7 Å². The number of pyridine rings is 1. The number of rotatable bonds is 6. The van der Waals surface area contributed by atoms with E-state index in [1.165, 1.54) is 0 Å². The van der Waals surface area contributed by atoms with Crippen molar-refractivity contribution in [2.24, 2.45) is 11.3 Å². The molecule has 7 nitrogen and oxygen atoms in total. The quantitative estimate of drug-likeness (QED) is 0.759. The number of benzene rings is 1. The SMILES string of the molecule is COc1ccc(NC(=O)C2CCN(C(=O)C(C)(C)C)CC2)cc1OCc1cccnc1. The van der Waals surface area contributed by atoms with Crippen LogP contribution < -0.4 is 14.8 Å². The monoisotopic (exact) mass is 425 g/mol. The Kier molecular flexibility index (Phi) is 7.15. The maximum absolute atomic E-state index is 12.8. The summed E-state index contributed by atoms with van der Waals surface area (Å²) < 4.78 is 11.3. The molecule has 0 radical (unpaired) electrons. The van der Waals surface area contributed by atoms with Gasteiger partial charge in [-0.05, 0) is 31.0 Å². The van der Waals surface area contributed by atoms with Crippen LogP contribution in [-0.4, -0.2) is 41.9 Å². The number of amides is 2. The maximum atomic E-state index is 12.8. The molecule has 1 aliphatic heterocycles. The lowest BCUT2D eigenvalue weighted by Gasteiger charge is -2.35. The summed E-state index contributed by atoms with van der Waals surface area (Å²) in [4.78, 5) is 31.2. The van der Waals surface area contributed by atoms with Gasteiger partial charge >= 0.3 is 0 Å². The Balaban J connectivity index is 1.59. The molecule has 0 unspecified atom stereocenters. The second kappa shape index (κ2) is 9.81. The highest BCUT2D eigenvalue weighted by molar-refractivity contribution is 5.93. The second-order valence-corrected chi connectivity index (χ2v) is 8.82. The van der Waals surface area contributed by atoms with Gasteiger partial charge < -0.3 is 19.7 Å². The van der Waals surface area contributed by atoms with E-state index >= 15 is 0 Å². The molecule has 1 aromatic heterocycles. The van der Waals surface area contributed by atoms with Gasteiger partial charge in [-0.1, -0.05) is 26.8 Å². The lowest BCUT2D eigenvalue weighted by Crippen LogP contribution is -2.45. The number of anilines is 1. The zero-order valence-corrected chi connectivity index (χ0v) is 18.7. The first-order valence-corrected chi connectivity index (χ1v) is 10.6. The smallest absolute Gasteiger partial charge is 0.227 e. The van der Waals surface area contributed by atoms with Crippen LogP contribution in [0.3, 0.4) is 0 Å². The Morgan fingerprint density at radius 1 is 1.16 bits per heavy atom. The van der Waals surface area contributed by atoms with Crippen LogP contribution in [0.1, 0.15) is 39.2 Å². The highest BCUT2D eigenvalue weighted by Gasteiger charge is 2.32. The van der Waals surface area contributed by atoms with Gasteiger partial charge in [0.2, 0.25) is 11.8 Å². The molecule has 7 heteroatoms. The summed E-state index contributed by atoms with van der Waals surface area (Å²) in [6.07, 6.45) is 4.78. The first kappa shape index (κ1) is 22.6. The van der Waals surface area contributed by atoms with Crippen molar-refractivity contribution in [3.05, 3.63) is 48.3 Å². The van der Waals surface area contributed by atoms with E-state index in [1.54, 1.807) is 37.7 Å². The zero-order valence-electron chi connectivity index (χ0n) is 18.7. The minimum Gasteiger partial charge on any atom is -0.493 e. The Hall–Kier alpha value is -3.09. The maximum Gasteiger partial charge on any atom is 0.227 e. The van der Waals surface area contributed by atoms with Crippen LogP contribution >= 0.6 is 0 Å². The van der Waals surface area contributed by atoms with Gasteiger partial charge in [0.15, 0.2) is 11.5 Å². The third kappa shape index (κ3) is 5.96. The molecule has 1 fully saturated rings. The fourth-order valence-electron chi connectivity index (χ4n) is 3.58.